The van der Waals surface area contributed by atoms with E-state index in [1.807, 2.05) is 38.4 Å². The SMILES string of the molecule is CN.CNS(C)(=O)=O.CS(=O)(=O)Cl.Cc1nc(CN(C)c2cccc3cccnc23)cc(N2CCN(C)CC2)n1.Cc1nc(CN(C)c2cccc3cccnc23)cc(N2CCN(C)CC2)n1. The lowest BCUT2D eigenvalue weighted by Gasteiger charge is -2.33. The highest BCUT2D eigenvalue weighted by Gasteiger charge is 2.19. The van der Waals surface area contributed by atoms with Crippen molar-refractivity contribution >= 4 is 74.6 Å². The highest BCUT2D eigenvalue weighted by atomic mass is 35.7. The number of rotatable bonds is 9. The summed E-state index contributed by atoms with van der Waals surface area (Å²) in [5.74, 6) is 3.72. The van der Waals surface area contributed by atoms with Gasteiger partial charge in [-0.25, -0.2) is 41.5 Å². The number of hydrogen-bond acceptors (Lipinski definition) is 17. The Labute approximate surface area is 401 Å². The summed E-state index contributed by atoms with van der Waals surface area (Å²) >= 11 is 0. The van der Waals surface area contributed by atoms with Crippen LogP contribution >= 0.6 is 10.7 Å². The van der Waals surface area contributed by atoms with E-state index < -0.39 is 19.1 Å². The highest BCUT2D eigenvalue weighted by Crippen LogP contribution is 2.27. The van der Waals surface area contributed by atoms with Crippen molar-refractivity contribution < 1.29 is 16.8 Å². The number of fused-ring (bicyclic) bond motifs is 2. The van der Waals surface area contributed by atoms with Gasteiger partial charge in [0.15, 0.2) is 0 Å². The van der Waals surface area contributed by atoms with E-state index in [0.717, 1.165) is 146 Å². The molecule has 364 valence electrons. The monoisotopic (exact) mass is 978 g/mol. The molecule has 0 radical (unpaired) electrons. The van der Waals surface area contributed by atoms with Crippen LogP contribution in [-0.4, -0.2) is 164 Å². The van der Waals surface area contributed by atoms with Crippen molar-refractivity contribution in [1.29, 1.82) is 0 Å². The van der Waals surface area contributed by atoms with Crippen LogP contribution < -0.4 is 30.1 Å². The van der Waals surface area contributed by atoms with Crippen LogP contribution in [0.4, 0.5) is 23.0 Å². The van der Waals surface area contributed by atoms with Crippen LogP contribution in [0, 0.1) is 13.8 Å². The summed E-state index contributed by atoms with van der Waals surface area (Å²) in [6, 6.07) is 25.0. The van der Waals surface area contributed by atoms with Gasteiger partial charge in [-0.3, -0.25) is 9.97 Å². The summed E-state index contributed by atoms with van der Waals surface area (Å²) in [4.78, 5) is 41.7. The Morgan fingerprint density at radius 1 is 0.612 bits per heavy atom. The molecular formula is C46H67ClN14O4S2. The van der Waals surface area contributed by atoms with Gasteiger partial charge in [0.25, 0.3) is 0 Å². The minimum atomic E-state index is -3.19. The first kappa shape index (κ1) is 54.3. The van der Waals surface area contributed by atoms with E-state index in [9.17, 15) is 16.8 Å². The number of para-hydroxylation sites is 2. The molecule has 2 aromatic carbocycles. The van der Waals surface area contributed by atoms with E-state index >= 15 is 0 Å². The van der Waals surface area contributed by atoms with Crippen LogP contribution in [0.25, 0.3) is 21.8 Å². The molecule has 0 atom stereocenters. The number of aromatic nitrogens is 6. The number of pyridine rings is 2. The van der Waals surface area contributed by atoms with Gasteiger partial charge in [-0.2, -0.15) is 0 Å². The molecule has 0 spiro atoms. The molecule has 0 amide bonds. The van der Waals surface area contributed by atoms with Crippen LogP contribution in [0.2, 0.25) is 0 Å². The van der Waals surface area contributed by atoms with Crippen molar-refractivity contribution in [2.75, 3.05) is 127 Å². The molecule has 4 aromatic heterocycles. The van der Waals surface area contributed by atoms with Gasteiger partial charge in [-0.05, 0) is 66.3 Å². The van der Waals surface area contributed by atoms with Gasteiger partial charge in [0, 0.05) is 112 Å². The standard InChI is InChI=1S/2C21H26N6.C2H7NO2S.CH3ClO2S.CH5N/c2*1-16-23-18(14-20(24-16)27-12-10-25(2)11-13-27)15-26(3)19-8-4-6-17-7-5-9-22-21(17)19;1-3-6(2,4)5;1-5(2,3)4;1-2/h2*4-9,14H,10-13,15H2,1-3H3;3H,1-2H3;1H3;2H2,1H3. The Morgan fingerprint density at radius 2 is 0.940 bits per heavy atom. The van der Waals surface area contributed by atoms with E-state index in [0.29, 0.717) is 0 Å². The number of nitrogens with one attached hydrogen (secondary N) is 1. The van der Waals surface area contributed by atoms with Gasteiger partial charge in [-0.1, -0.05) is 36.4 Å². The summed E-state index contributed by atoms with van der Waals surface area (Å²) in [5.41, 5.74) is 10.8. The van der Waals surface area contributed by atoms with E-state index in [1.54, 1.807) is 0 Å². The molecule has 0 aliphatic carbocycles. The number of aryl methyl sites for hydroxylation is 2. The van der Waals surface area contributed by atoms with Crippen molar-refractivity contribution in [3.05, 3.63) is 108 Å². The van der Waals surface area contributed by atoms with Gasteiger partial charge >= 0.3 is 0 Å². The maximum absolute atomic E-state index is 9.89. The lowest BCUT2D eigenvalue weighted by atomic mass is 10.1. The van der Waals surface area contributed by atoms with Gasteiger partial charge in [0.2, 0.25) is 19.1 Å². The van der Waals surface area contributed by atoms with Crippen LogP contribution in [0.5, 0.6) is 0 Å². The molecule has 0 saturated carbocycles. The molecule has 2 aliphatic rings. The lowest BCUT2D eigenvalue weighted by Crippen LogP contribution is -2.45. The summed E-state index contributed by atoms with van der Waals surface area (Å²) in [5, 5.41) is 2.30. The van der Waals surface area contributed by atoms with Crippen molar-refractivity contribution in [3.63, 3.8) is 0 Å². The Kier molecular flexibility index (Phi) is 20.8. The second kappa shape index (κ2) is 25.7. The zero-order chi connectivity index (χ0) is 49.3. The van der Waals surface area contributed by atoms with Crippen molar-refractivity contribution in [1.82, 2.24) is 44.4 Å². The van der Waals surface area contributed by atoms with Gasteiger partial charge in [0.05, 0.1) is 59.4 Å². The average molecular weight is 980 g/mol. The van der Waals surface area contributed by atoms with E-state index in [4.69, 9.17) is 0 Å². The third kappa shape index (κ3) is 18.0. The number of benzene rings is 2. The van der Waals surface area contributed by atoms with Crippen LogP contribution in [-0.2, 0) is 32.2 Å². The second-order valence-corrected chi connectivity index (χ2v) is 21.2. The molecule has 18 nitrogen and oxygen atoms in total. The Balaban J connectivity index is 0.000000233. The molecule has 2 saturated heterocycles. The summed E-state index contributed by atoms with van der Waals surface area (Å²) in [7, 11) is 9.79. The van der Waals surface area contributed by atoms with Crippen LogP contribution in [0.3, 0.4) is 0 Å². The fourth-order valence-electron chi connectivity index (χ4n) is 7.23. The molecular weight excluding hydrogens is 912 g/mol. The van der Waals surface area contributed by atoms with Crippen molar-refractivity contribution in [3.8, 4) is 0 Å². The number of halogens is 1. The summed E-state index contributed by atoms with van der Waals surface area (Å²) < 4.78 is 40.6. The maximum Gasteiger partial charge on any atom is 0.229 e. The fourth-order valence-corrected chi connectivity index (χ4v) is 7.23. The Morgan fingerprint density at radius 3 is 1.27 bits per heavy atom. The summed E-state index contributed by atoms with van der Waals surface area (Å²) in [6.07, 6.45) is 5.72. The molecule has 67 heavy (non-hydrogen) atoms. The second-order valence-electron chi connectivity index (χ2n) is 16.2. The first-order chi connectivity index (χ1) is 31.8. The largest absolute Gasteiger partial charge is 0.367 e. The number of anilines is 4. The van der Waals surface area contributed by atoms with Crippen LogP contribution in [0.1, 0.15) is 23.0 Å². The number of likely N-dealkylation sites (N-methyl/N-ethyl adjacent to an activating group) is 2. The minimum absolute atomic E-state index is 0.722. The first-order valence-corrected chi connectivity index (χ1v) is 26.4. The molecule has 2 aliphatic heterocycles. The molecule has 2 fully saturated rings. The maximum atomic E-state index is 9.89. The minimum Gasteiger partial charge on any atom is -0.367 e. The van der Waals surface area contributed by atoms with Gasteiger partial charge in [-0.15, -0.1) is 0 Å². The van der Waals surface area contributed by atoms with E-state index in [2.05, 4.69) is 169 Å². The number of sulfonamides is 1. The number of nitrogens with two attached hydrogens (primary N) is 1. The average Bonchev–Trinajstić information content (AvgIpc) is 3.29. The van der Waals surface area contributed by atoms with Gasteiger partial charge < -0.3 is 35.1 Å². The zero-order valence-electron chi connectivity index (χ0n) is 40.4. The zero-order valence-corrected chi connectivity index (χ0v) is 42.8. The normalized spacial score (nSPS) is 14.3. The highest BCUT2D eigenvalue weighted by molar-refractivity contribution is 8.13. The summed E-state index contributed by atoms with van der Waals surface area (Å²) in [6.45, 7) is 13.7. The predicted molar refractivity (Wildman–Crippen MR) is 275 cm³/mol. The fraction of sp³-hybridized carbons (Fsp3) is 0.435. The Bertz CT molecular complexity index is 2550. The molecule has 6 heterocycles. The van der Waals surface area contributed by atoms with Crippen molar-refractivity contribution in [2.24, 2.45) is 5.73 Å². The number of hydrogen-bond donors (Lipinski definition) is 2. The topological polar surface area (TPSA) is 203 Å². The smallest absolute Gasteiger partial charge is 0.229 e. The third-order valence-electron chi connectivity index (χ3n) is 10.6. The van der Waals surface area contributed by atoms with E-state index in [-0.39, 0.29) is 0 Å². The van der Waals surface area contributed by atoms with E-state index in [1.165, 1.54) is 14.1 Å². The number of nitrogens with zero attached hydrogens (tertiary/aromatic N) is 12. The molecule has 3 N–H and O–H groups in total. The molecule has 0 unspecified atom stereocenters. The lowest BCUT2D eigenvalue weighted by molar-refractivity contribution is 0.312. The first-order valence-electron chi connectivity index (χ1n) is 21.8. The predicted octanol–water partition coefficient (Wildman–Crippen LogP) is 4.37. The quantitative estimate of drug-likeness (QED) is 0.193. The molecule has 8 rings (SSSR count). The number of piperazine rings is 2. The van der Waals surface area contributed by atoms with Gasteiger partial charge in [0.1, 0.15) is 23.3 Å². The molecule has 21 heteroatoms. The molecule has 0 bridgehead atoms. The van der Waals surface area contributed by atoms with Crippen molar-refractivity contribution in [2.45, 2.75) is 26.9 Å². The van der Waals surface area contributed by atoms with Crippen LogP contribution in [0.15, 0.2) is 85.2 Å². The Hall–Kier alpha value is -5.35. The third-order valence-corrected chi connectivity index (χ3v) is 11.4. The molecule has 6 aromatic rings.